The molecule has 18 heavy (non-hydrogen) atoms. The molecule has 0 aliphatic carbocycles. The minimum Gasteiger partial charge on any atom is -0.497 e. The fourth-order valence-electron chi connectivity index (χ4n) is 2.03. The fourth-order valence-corrected chi connectivity index (χ4v) is 2.03. The highest BCUT2D eigenvalue weighted by molar-refractivity contribution is 5.30. The molecule has 2 atom stereocenters. The van der Waals surface area contributed by atoms with Crippen LogP contribution in [0.3, 0.4) is 0 Å². The number of ether oxygens (including phenoxy) is 2. The summed E-state index contributed by atoms with van der Waals surface area (Å²) in [5.74, 6) is 0.875. The van der Waals surface area contributed by atoms with Crippen molar-refractivity contribution >= 4 is 0 Å². The molecule has 102 valence electrons. The molecule has 0 fully saturated rings. The number of hydrogen-bond acceptors (Lipinski definition) is 3. The van der Waals surface area contributed by atoms with Crippen LogP contribution in [0.2, 0.25) is 0 Å². The van der Waals surface area contributed by atoms with Gasteiger partial charge in [0.2, 0.25) is 0 Å². The van der Waals surface area contributed by atoms with E-state index in [-0.39, 0.29) is 12.2 Å². The van der Waals surface area contributed by atoms with E-state index in [1.165, 1.54) is 0 Å². The Bertz CT molecular complexity index is 341. The molecule has 0 spiro atoms. The molecule has 0 aromatic heterocycles. The van der Waals surface area contributed by atoms with Crippen molar-refractivity contribution in [2.24, 2.45) is 0 Å². The maximum atomic E-state index is 6.10. The van der Waals surface area contributed by atoms with Crippen LogP contribution in [0.4, 0.5) is 0 Å². The van der Waals surface area contributed by atoms with Crippen molar-refractivity contribution < 1.29 is 9.47 Å². The standard InChI is InChI=1S/C15H25NO2/c1-5-7-12(2)18-15(11-16-3)13-8-6-9-14(10-13)17-4/h6,8-10,12,15-16H,5,7,11H2,1-4H3. The van der Waals surface area contributed by atoms with Crippen molar-refractivity contribution in [2.75, 3.05) is 20.7 Å². The third kappa shape index (κ3) is 4.67. The molecule has 1 rings (SSSR count). The average molecular weight is 251 g/mol. The SMILES string of the molecule is CCCC(C)OC(CNC)c1cccc(OC)c1. The number of rotatable bonds is 8. The van der Waals surface area contributed by atoms with Crippen LogP contribution >= 0.6 is 0 Å². The summed E-state index contributed by atoms with van der Waals surface area (Å²) in [5, 5.41) is 3.19. The molecule has 1 N–H and O–H groups in total. The van der Waals surface area contributed by atoms with E-state index in [2.05, 4.69) is 25.2 Å². The van der Waals surface area contributed by atoms with Crippen molar-refractivity contribution in [1.82, 2.24) is 5.32 Å². The molecule has 0 saturated carbocycles. The van der Waals surface area contributed by atoms with Crippen LogP contribution < -0.4 is 10.1 Å². The summed E-state index contributed by atoms with van der Waals surface area (Å²) < 4.78 is 11.4. The summed E-state index contributed by atoms with van der Waals surface area (Å²) in [6.07, 6.45) is 2.58. The summed E-state index contributed by atoms with van der Waals surface area (Å²) in [6, 6.07) is 8.09. The van der Waals surface area contributed by atoms with E-state index in [1.54, 1.807) is 7.11 Å². The van der Waals surface area contributed by atoms with Gasteiger partial charge >= 0.3 is 0 Å². The number of methoxy groups -OCH3 is 1. The topological polar surface area (TPSA) is 30.5 Å². The van der Waals surface area contributed by atoms with E-state index in [1.807, 2.05) is 25.2 Å². The smallest absolute Gasteiger partial charge is 0.119 e. The monoisotopic (exact) mass is 251 g/mol. The summed E-state index contributed by atoms with van der Waals surface area (Å²) in [7, 11) is 3.63. The van der Waals surface area contributed by atoms with Gasteiger partial charge in [0.15, 0.2) is 0 Å². The maximum absolute atomic E-state index is 6.10. The van der Waals surface area contributed by atoms with Crippen LogP contribution in [0.5, 0.6) is 5.75 Å². The van der Waals surface area contributed by atoms with E-state index in [0.717, 1.165) is 30.7 Å². The van der Waals surface area contributed by atoms with Crippen molar-refractivity contribution in [2.45, 2.75) is 38.9 Å². The van der Waals surface area contributed by atoms with Crippen molar-refractivity contribution in [3.05, 3.63) is 29.8 Å². The summed E-state index contributed by atoms with van der Waals surface area (Å²) >= 11 is 0. The molecule has 0 radical (unpaired) electrons. The molecule has 0 heterocycles. The highest BCUT2D eigenvalue weighted by atomic mass is 16.5. The maximum Gasteiger partial charge on any atom is 0.119 e. The predicted octanol–water partition coefficient (Wildman–Crippen LogP) is 3.16. The molecule has 3 nitrogen and oxygen atoms in total. The fraction of sp³-hybridized carbons (Fsp3) is 0.600. The van der Waals surface area contributed by atoms with Gasteiger partial charge < -0.3 is 14.8 Å². The first-order valence-electron chi connectivity index (χ1n) is 6.65. The molecule has 0 saturated heterocycles. The lowest BCUT2D eigenvalue weighted by Gasteiger charge is -2.23. The minimum atomic E-state index is 0.0756. The van der Waals surface area contributed by atoms with Gasteiger partial charge in [0, 0.05) is 6.54 Å². The predicted molar refractivity (Wildman–Crippen MR) is 75.1 cm³/mol. The second kappa shape index (κ2) is 8.11. The second-order valence-electron chi connectivity index (χ2n) is 4.56. The summed E-state index contributed by atoms with van der Waals surface area (Å²) in [4.78, 5) is 0. The van der Waals surface area contributed by atoms with Crippen molar-refractivity contribution in [3.63, 3.8) is 0 Å². The molecular weight excluding hydrogens is 226 g/mol. The van der Waals surface area contributed by atoms with Gasteiger partial charge in [-0.05, 0) is 38.1 Å². The third-order valence-corrected chi connectivity index (χ3v) is 2.95. The largest absolute Gasteiger partial charge is 0.497 e. The molecule has 2 unspecified atom stereocenters. The van der Waals surface area contributed by atoms with Gasteiger partial charge in [-0.25, -0.2) is 0 Å². The number of likely N-dealkylation sites (N-methyl/N-ethyl adjacent to an activating group) is 1. The molecule has 0 aliphatic heterocycles. The number of hydrogen-bond donors (Lipinski definition) is 1. The van der Waals surface area contributed by atoms with Gasteiger partial charge in [0.25, 0.3) is 0 Å². The lowest BCUT2D eigenvalue weighted by Crippen LogP contribution is -2.23. The molecule has 3 heteroatoms. The summed E-state index contributed by atoms with van der Waals surface area (Å²) in [6.45, 7) is 5.12. The first-order valence-corrected chi connectivity index (χ1v) is 6.65. The zero-order valence-corrected chi connectivity index (χ0v) is 11.9. The third-order valence-electron chi connectivity index (χ3n) is 2.95. The molecule has 1 aromatic carbocycles. The zero-order valence-electron chi connectivity index (χ0n) is 11.9. The van der Waals surface area contributed by atoms with E-state index >= 15 is 0 Å². The van der Waals surface area contributed by atoms with Gasteiger partial charge in [-0.3, -0.25) is 0 Å². The van der Waals surface area contributed by atoms with E-state index in [4.69, 9.17) is 9.47 Å². The Morgan fingerprint density at radius 1 is 1.33 bits per heavy atom. The number of nitrogens with one attached hydrogen (secondary N) is 1. The lowest BCUT2D eigenvalue weighted by molar-refractivity contribution is -0.00640. The highest BCUT2D eigenvalue weighted by Crippen LogP contribution is 2.23. The normalized spacial score (nSPS) is 14.2. The number of benzene rings is 1. The van der Waals surface area contributed by atoms with Crippen LogP contribution in [0, 0.1) is 0 Å². The van der Waals surface area contributed by atoms with E-state index in [0.29, 0.717) is 0 Å². The van der Waals surface area contributed by atoms with Crippen LogP contribution in [-0.2, 0) is 4.74 Å². The Labute approximate surface area is 110 Å². The first-order chi connectivity index (χ1) is 8.71. The highest BCUT2D eigenvalue weighted by Gasteiger charge is 2.15. The van der Waals surface area contributed by atoms with Crippen LogP contribution in [0.1, 0.15) is 38.4 Å². The molecule has 1 aromatic rings. The van der Waals surface area contributed by atoms with Gasteiger partial charge in [0.05, 0.1) is 19.3 Å². The Balaban J connectivity index is 2.75. The van der Waals surface area contributed by atoms with Gasteiger partial charge in [-0.1, -0.05) is 25.5 Å². The van der Waals surface area contributed by atoms with Gasteiger partial charge in [-0.2, -0.15) is 0 Å². The van der Waals surface area contributed by atoms with Crippen molar-refractivity contribution in [1.29, 1.82) is 0 Å². The van der Waals surface area contributed by atoms with Crippen LogP contribution in [0.25, 0.3) is 0 Å². The molecule has 0 amide bonds. The van der Waals surface area contributed by atoms with E-state index in [9.17, 15) is 0 Å². The van der Waals surface area contributed by atoms with Crippen LogP contribution in [-0.4, -0.2) is 26.8 Å². The zero-order chi connectivity index (χ0) is 13.4. The van der Waals surface area contributed by atoms with E-state index < -0.39 is 0 Å². The Kier molecular flexibility index (Phi) is 6.76. The summed E-state index contributed by atoms with van der Waals surface area (Å²) in [5.41, 5.74) is 1.16. The second-order valence-corrected chi connectivity index (χ2v) is 4.56. The van der Waals surface area contributed by atoms with Gasteiger partial charge in [-0.15, -0.1) is 0 Å². The minimum absolute atomic E-state index is 0.0756. The van der Waals surface area contributed by atoms with Gasteiger partial charge in [0.1, 0.15) is 5.75 Å². The first kappa shape index (κ1) is 15.0. The Morgan fingerprint density at radius 2 is 2.11 bits per heavy atom. The Hall–Kier alpha value is -1.06. The lowest BCUT2D eigenvalue weighted by atomic mass is 10.1. The average Bonchev–Trinajstić information content (AvgIpc) is 2.38. The Morgan fingerprint density at radius 3 is 2.72 bits per heavy atom. The molecule has 0 bridgehead atoms. The molecular formula is C15H25NO2. The quantitative estimate of drug-likeness (QED) is 0.770. The van der Waals surface area contributed by atoms with Crippen molar-refractivity contribution in [3.8, 4) is 5.75 Å². The molecule has 0 aliphatic rings. The van der Waals surface area contributed by atoms with Crippen LogP contribution in [0.15, 0.2) is 24.3 Å².